The minimum atomic E-state index is -0.917. The van der Waals surface area contributed by atoms with Gasteiger partial charge >= 0.3 is 6.09 Å². The van der Waals surface area contributed by atoms with E-state index in [1.165, 1.54) is 4.90 Å². The smallest absolute Gasteiger partial charge is 0.407 e. The summed E-state index contributed by atoms with van der Waals surface area (Å²) >= 11 is 0. The molecule has 14 heavy (non-hydrogen) atoms. The fourth-order valence-corrected chi connectivity index (χ4v) is 1.74. The van der Waals surface area contributed by atoms with Gasteiger partial charge in [-0.25, -0.2) is 4.79 Å². The number of carboxylic acid groups (broad SMARTS) is 1. The van der Waals surface area contributed by atoms with E-state index in [2.05, 4.69) is 20.6 Å². The first-order valence-corrected chi connectivity index (χ1v) is 4.52. The number of H-pyrrole nitrogens is 1. The molecule has 0 radical (unpaired) electrons. The summed E-state index contributed by atoms with van der Waals surface area (Å²) in [5, 5.41) is 22.4. The minimum Gasteiger partial charge on any atom is -0.465 e. The number of likely N-dealkylation sites (tertiary alicyclic amines) is 1. The number of hydrogen-bond acceptors (Lipinski definition) is 4. The van der Waals surface area contributed by atoms with Gasteiger partial charge in [-0.15, -0.1) is 10.2 Å². The van der Waals surface area contributed by atoms with Crippen molar-refractivity contribution in [3.63, 3.8) is 0 Å². The van der Waals surface area contributed by atoms with Crippen LogP contribution in [0.5, 0.6) is 0 Å². The molecule has 1 aromatic rings. The molecule has 76 valence electrons. The van der Waals surface area contributed by atoms with E-state index < -0.39 is 6.09 Å². The zero-order valence-electron chi connectivity index (χ0n) is 7.55. The van der Waals surface area contributed by atoms with Gasteiger partial charge in [0.1, 0.15) is 0 Å². The van der Waals surface area contributed by atoms with E-state index in [4.69, 9.17) is 5.11 Å². The maximum Gasteiger partial charge on any atom is 0.407 e. The van der Waals surface area contributed by atoms with Gasteiger partial charge in [-0.1, -0.05) is 5.21 Å². The predicted octanol–water partition coefficient (Wildman–Crippen LogP) is 0.405. The highest BCUT2D eigenvalue weighted by Gasteiger charge is 2.30. The fourth-order valence-electron chi connectivity index (χ4n) is 1.74. The Morgan fingerprint density at radius 1 is 1.57 bits per heavy atom. The maximum atomic E-state index is 10.9. The summed E-state index contributed by atoms with van der Waals surface area (Å²) < 4.78 is 0. The largest absolute Gasteiger partial charge is 0.465 e. The lowest BCUT2D eigenvalue weighted by Gasteiger charge is -2.31. The molecule has 1 fully saturated rings. The zero-order chi connectivity index (χ0) is 9.97. The molecule has 7 nitrogen and oxygen atoms in total. The van der Waals surface area contributed by atoms with E-state index in [1.807, 2.05) is 0 Å². The topological polar surface area (TPSA) is 95.0 Å². The molecule has 1 saturated heterocycles. The Kier molecular flexibility index (Phi) is 2.30. The van der Waals surface area contributed by atoms with Gasteiger partial charge in [-0.2, -0.15) is 5.21 Å². The van der Waals surface area contributed by atoms with Gasteiger partial charge in [0.05, 0.1) is 6.04 Å². The Labute approximate surface area is 80.1 Å². The molecular weight excluding hydrogens is 186 g/mol. The molecule has 1 aliphatic heterocycles. The van der Waals surface area contributed by atoms with Crippen molar-refractivity contribution in [3.05, 3.63) is 5.82 Å². The molecule has 1 aromatic heterocycles. The first-order chi connectivity index (χ1) is 6.79. The van der Waals surface area contributed by atoms with Crippen LogP contribution in [0.1, 0.15) is 31.1 Å². The van der Waals surface area contributed by atoms with Crippen LogP contribution in [0.4, 0.5) is 4.79 Å². The number of rotatable bonds is 1. The van der Waals surface area contributed by atoms with Crippen LogP contribution in [0.25, 0.3) is 0 Å². The van der Waals surface area contributed by atoms with Crippen LogP contribution < -0.4 is 0 Å². The van der Waals surface area contributed by atoms with Crippen molar-refractivity contribution in [1.29, 1.82) is 0 Å². The Morgan fingerprint density at radius 3 is 3.07 bits per heavy atom. The lowest BCUT2D eigenvalue weighted by molar-refractivity contribution is 0.104. The first-order valence-electron chi connectivity index (χ1n) is 4.52. The van der Waals surface area contributed by atoms with Crippen molar-refractivity contribution in [2.45, 2.75) is 25.3 Å². The number of nitrogens with zero attached hydrogens (tertiary/aromatic N) is 4. The molecular formula is C7H11N5O2. The third-order valence-electron chi connectivity index (χ3n) is 2.41. The van der Waals surface area contributed by atoms with Gasteiger partial charge in [0, 0.05) is 6.54 Å². The SMILES string of the molecule is O=C(O)N1CCCC[C@@H]1c1nn[nH]n1. The average Bonchev–Trinajstić information content (AvgIpc) is 2.70. The Hall–Kier alpha value is -1.66. The maximum absolute atomic E-state index is 10.9. The Morgan fingerprint density at radius 2 is 2.43 bits per heavy atom. The van der Waals surface area contributed by atoms with Crippen LogP contribution in [0.3, 0.4) is 0 Å². The van der Waals surface area contributed by atoms with Crippen molar-refractivity contribution in [2.24, 2.45) is 0 Å². The van der Waals surface area contributed by atoms with Gasteiger partial charge in [0.25, 0.3) is 0 Å². The number of tetrazole rings is 1. The number of aromatic amines is 1. The van der Waals surface area contributed by atoms with E-state index in [-0.39, 0.29) is 6.04 Å². The fraction of sp³-hybridized carbons (Fsp3) is 0.714. The normalized spacial score (nSPS) is 22.3. The van der Waals surface area contributed by atoms with Crippen LogP contribution in [0.2, 0.25) is 0 Å². The summed E-state index contributed by atoms with van der Waals surface area (Å²) in [6.45, 7) is 0.550. The number of aromatic nitrogens is 4. The molecule has 1 aliphatic rings. The van der Waals surface area contributed by atoms with Crippen LogP contribution in [-0.4, -0.2) is 43.3 Å². The second-order valence-electron chi connectivity index (χ2n) is 3.26. The number of hydrogen-bond donors (Lipinski definition) is 2. The second-order valence-corrected chi connectivity index (χ2v) is 3.26. The molecule has 0 aromatic carbocycles. The molecule has 0 unspecified atom stereocenters. The zero-order valence-corrected chi connectivity index (χ0v) is 7.55. The Balaban J connectivity index is 2.18. The van der Waals surface area contributed by atoms with E-state index in [0.29, 0.717) is 12.4 Å². The number of amides is 1. The first kappa shape index (κ1) is 8.92. The summed E-state index contributed by atoms with van der Waals surface area (Å²) in [7, 11) is 0. The predicted molar refractivity (Wildman–Crippen MR) is 45.5 cm³/mol. The van der Waals surface area contributed by atoms with Crippen LogP contribution >= 0.6 is 0 Å². The molecule has 1 amide bonds. The monoisotopic (exact) mass is 197 g/mol. The summed E-state index contributed by atoms with van der Waals surface area (Å²) in [6.07, 6.45) is 1.76. The van der Waals surface area contributed by atoms with Crippen molar-refractivity contribution in [1.82, 2.24) is 25.5 Å². The number of piperidine rings is 1. The summed E-state index contributed by atoms with van der Waals surface area (Å²) in [4.78, 5) is 12.3. The molecule has 2 heterocycles. The van der Waals surface area contributed by atoms with Gasteiger partial charge in [-0.3, -0.25) is 4.90 Å². The quantitative estimate of drug-likeness (QED) is 0.679. The highest BCUT2D eigenvalue weighted by Crippen LogP contribution is 2.27. The highest BCUT2D eigenvalue weighted by atomic mass is 16.4. The van der Waals surface area contributed by atoms with Gasteiger partial charge < -0.3 is 5.11 Å². The third kappa shape index (κ3) is 1.52. The van der Waals surface area contributed by atoms with E-state index in [9.17, 15) is 4.79 Å². The Bertz CT molecular complexity index is 312. The second kappa shape index (κ2) is 3.60. The average molecular weight is 197 g/mol. The van der Waals surface area contributed by atoms with Crippen molar-refractivity contribution >= 4 is 6.09 Å². The summed E-state index contributed by atoms with van der Waals surface area (Å²) in [5.74, 6) is 0.465. The minimum absolute atomic E-state index is 0.236. The van der Waals surface area contributed by atoms with Crippen molar-refractivity contribution in [3.8, 4) is 0 Å². The van der Waals surface area contributed by atoms with E-state index >= 15 is 0 Å². The van der Waals surface area contributed by atoms with Gasteiger partial charge in [0.2, 0.25) is 0 Å². The van der Waals surface area contributed by atoms with E-state index in [1.54, 1.807) is 0 Å². The lowest BCUT2D eigenvalue weighted by Crippen LogP contribution is -2.37. The van der Waals surface area contributed by atoms with Crippen LogP contribution in [-0.2, 0) is 0 Å². The van der Waals surface area contributed by atoms with E-state index in [0.717, 1.165) is 19.3 Å². The molecule has 2 rings (SSSR count). The molecule has 0 aliphatic carbocycles. The van der Waals surface area contributed by atoms with Crippen LogP contribution in [0.15, 0.2) is 0 Å². The number of carbonyl (C=O) groups is 1. The number of nitrogens with one attached hydrogen (secondary N) is 1. The lowest BCUT2D eigenvalue weighted by atomic mass is 10.0. The molecule has 7 heteroatoms. The van der Waals surface area contributed by atoms with Gasteiger partial charge in [0.15, 0.2) is 5.82 Å². The summed E-state index contributed by atoms with van der Waals surface area (Å²) in [6, 6.07) is -0.236. The standard InChI is InChI=1S/C7H11N5O2/c13-7(14)12-4-2-1-3-5(12)6-8-10-11-9-6/h5H,1-4H2,(H,13,14)(H,8,9,10,11)/t5-/m1/s1. The molecule has 0 spiro atoms. The van der Waals surface area contributed by atoms with Crippen LogP contribution in [0, 0.1) is 0 Å². The highest BCUT2D eigenvalue weighted by molar-refractivity contribution is 5.65. The third-order valence-corrected chi connectivity index (χ3v) is 2.41. The summed E-state index contributed by atoms with van der Waals surface area (Å²) in [5.41, 5.74) is 0. The molecule has 2 N–H and O–H groups in total. The molecule has 0 saturated carbocycles. The van der Waals surface area contributed by atoms with Gasteiger partial charge in [-0.05, 0) is 19.3 Å². The van der Waals surface area contributed by atoms with Crippen molar-refractivity contribution in [2.75, 3.05) is 6.54 Å². The van der Waals surface area contributed by atoms with Crippen molar-refractivity contribution < 1.29 is 9.90 Å². The molecule has 1 atom stereocenters. The molecule has 0 bridgehead atoms.